The van der Waals surface area contributed by atoms with Gasteiger partial charge in [0.05, 0.1) is 6.10 Å². The minimum atomic E-state index is 0.0300. The zero-order chi connectivity index (χ0) is 13.0. The first kappa shape index (κ1) is 13.0. The molecule has 0 bridgehead atoms. The van der Waals surface area contributed by atoms with Crippen LogP contribution in [0.2, 0.25) is 0 Å². The van der Waals surface area contributed by atoms with Gasteiger partial charge in [-0.2, -0.15) is 0 Å². The third kappa shape index (κ3) is 2.68. The zero-order valence-electron chi connectivity index (χ0n) is 10.6. The number of methoxy groups -OCH3 is 1. The molecule has 0 aromatic carbocycles. The lowest BCUT2D eigenvalue weighted by atomic mass is 9.98. The standard InChI is InChI=1S/C13H19N3O2/c1-18-12-4-7-16(11(8-12)9-14)13(17)10-2-5-15-6-3-10/h2-3,5-6,11-12H,4,7-9,14H2,1H3. The van der Waals surface area contributed by atoms with E-state index in [-0.39, 0.29) is 18.1 Å². The van der Waals surface area contributed by atoms with Crippen LogP contribution < -0.4 is 5.73 Å². The second-order valence-corrected chi connectivity index (χ2v) is 4.51. The highest BCUT2D eigenvalue weighted by Crippen LogP contribution is 2.21. The van der Waals surface area contributed by atoms with Crippen molar-refractivity contribution in [1.29, 1.82) is 0 Å². The predicted octanol–water partition coefficient (Wildman–Crippen LogP) is 0.660. The van der Waals surface area contributed by atoms with Crippen molar-refractivity contribution in [3.8, 4) is 0 Å². The quantitative estimate of drug-likeness (QED) is 0.854. The number of hydrogen-bond donors (Lipinski definition) is 1. The molecule has 1 aliphatic heterocycles. The Hall–Kier alpha value is -1.46. The first-order valence-electron chi connectivity index (χ1n) is 6.20. The van der Waals surface area contributed by atoms with Crippen LogP contribution in [-0.4, -0.2) is 48.1 Å². The normalized spacial score (nSPS) is 24.0. The van der Waals surface area contributed by atoms with Crippen molar-refractivity contribution < 1.29 is 9.53 Å². The molecule has 0 spiro atoms. The summed E-state index contributed by atoms with van der Waals surface area (Å²) in [5.74, 6) is 0.0300. The number of carbonyl (C=O) groups is 1. The van der Waals surface area contributed by atoms with E-state index in [9.17, 15) is 4.79 Å². The fraction of sp³-hybridized carbons (Fsp3) is 0.538. The van der Waals surface area contributed by atoms with Gasteiger partial charge in [-0.05, 0) is 25.0 Å². The van der Waals surface area contributed by atoms with Gasteiger partial charge in [0.1, 0.15) is 0 Å². The summed E-state index contributed by atoms with van der Waals surface area (Å²) in [7, 11) is 1.71. The zero-order valence-corrected chi connectivity index (χ0v) is 10.6. The molecule has 2 atom stereocenters. The van der Waals surface area contributed by atoms with Crippen molar-refractivity contribution in [3.05, 3.63) is 30.1 Å². The van der Waals surface area contributed by atoms with Crippen LogP contribution in [0.5, 0.6) is 0 Å². The fourth-order valence-electron chi connectivity index (χ4n) is 2.38. The number of aromatic nitrogens is 1. The average Bonchev–Trinajstić information content (AvgIpc) is 2.46. The van der Waals surface area contributed by atoms with E-state index >= 15 is 0 Å². The molecule has 5 heteroatoms. The maximum Gasteiger partial charge on any atom is 0.254 e. The van der Waals surface area contributed by atoms with E-state index in [1.54, 1.807) is 31.6 Å². The molecule has 18 heavy (non-hydrogen) atoms. The van der Waals surface area contributed by atoms with E-state index in [2.05, 4.69) is 4.98 Å². The summed E-state index contributed by atoms with van der Waals surface area (Å²) in [4.78, 5) is 18.1. The third-order valence-corrected chi connectivity index (χ3v) is 3.46. The number of hydrogen-bond acceptors (Lipinski definition) is 4. The molecule has 1 aliphatic rings. The van der Waals surface area contributed by atoms with Crippen LogP contribution in [0, 0.1) is 0 Å². The number of carbonyl (C=O) groups excluding carboxylic acids is 1. The number of nitrogens with zero attached hydrogens (tertiary/aromatic N) is 2. The van der Waals surface area contributed by atoms with Crippen LogP contribution in [0.25, 0.3) is 0 Å². The molecule has 2 N–H and O–H groups in total. The Balaban J connectivity index is 2.10. The third-order valence-electron chi connectivity index (χ3n) is 3.46. The fourth-order valence-corrected chi connectivity index (χ4v) is 2.38. The van der Waals surface area contributed by atoms with Crippen molar-refractivity contribution in [2.45, 2.75) is 25.0 Å². The monoisotopic (exact) mass is 249 g/mol. The molecular formula is C13H19N3O2. The number of nitrogens with two attached hydrogens (primary N) is 1. The highest BCUT2D eigenvalue weighted by Gasteiger charge is 2.31. The average molecular weight is 249 g/mol. The highest BCUT2D eigenvalue weighted by atomic mass is 16.5. The molecule has 2 unspecified atom stereocenters. The molecule has 1 saturated heterocycles. The van der Waals surface area contributed by atoms with Crippen LogP contribution in [0.15, 0.2) is 24.5 Å². The minimum absolute atomic E-state index is 0.0300. The molecule has 1 amide bonds. The Morgan fingerprint density at radius 2 is 2.28 bits per heavy atom. The first-order chi connectivity index (χ1) is 8.76. The molecule has 1 fully saturated rings. The molecule has 2 heterocycles. The Morgan fingerprint density at radius 3 is 2.89 bits per heavy atom. The van der Waals surface area contributed by atoms with E-state index in [0.29, 0.717) is 18.7 Å². The summed E-state index contributed by atoms with van der Waals surface area (Å²) >= 11 is 0. The largest absolute Gasteiger partial charge is 0.381 e. The van der Waals surface area contributed by atoms with Gasteiger partial charge in [-0.15, -0.1) is 0 Å². The van der Waals surface area contributed by atoms with E-state index in [0.717, 1.165) is 12.8 Å². The lowest BCUT2D eigenvalue weighted by molar-refractivity contribution is 0.0139. The van der Waals surface area contributed by atoms with Gasteiger partial charge in [0.15, 0.2) is 0 Å². The SMILES string of the molecule is COC1CCN(C(=O)c2ccncc2)C(CN)C1. The van der Waals surface area contributed by atoms with Gasteiger partial charge in [0, 0.05) is 44.2 Å². The van der Waals surface area contributed by atoms with Crippen molar-refractivity contribution in [2.75, 3.05) is 20.2 Å². The van der Waals surface area contributed by atoms with Crippen molar-refractivity contribution in [3.63, 3.8) is 0 Å². The Labute approximate surface area is 107 Å². The lowest BCUT2D eigenvalue weighted by Gasteiger charge is -2.38. The molecule has 98 valence electrons. The number of pyridine rings is 1. The van der Waals surface area contributed by atoms with Gasteiger partial charge in [0.2, 0.25) is 0 Å². The second kappa shape index (κ2) is 5.93. The van der Waals surface area contributed by atoms with Crippen molar-refractivity contribution >= 4 is 5.91 Å². The number of piperidine rings is 1. The second-order valence-electron chi connectivity index (χ2n) is 4.51. The summed E-state index contributed by atoms with van der Waals surface area (Å²) in [6.07, 6.45) is 5.15. The topological polar surface area (TPSA) is 68.5 Å². The molecule has 5 nitrogen and oxygen atoms in total. The van der Waals surface area contributed by atoms with Crippen LogP contribution in [0.4, 0.5) is 0 Å². The van der Waals surface area contributed by atoms with E-state index in [1.807, 2.05) is 4.90 Å². The minimum Gasteiger partial charge on any atom is -0.381 e. The predicted molar refractivity (Wildman–Crippen MR) is 68.1 cm³/mol. The van der Waals surface area contributed by atoms with Crippen molar-refractivity contribution in [1.82, 2.24) is 9.88 Å². The highest BCUT2D eigenvalue weighted by molar-refractivity contribution is 5.94. The van der Waals surface area contributed by atoms with E-state index < -0.39 is 0 Å². The lowest BCUT2D eigenvalue weighted by Crippen LogP contribution is -2.51. The van der Waals surface area contributed by atoms with E-state index in [1.165, 1.54) is 0 Å². The maximum atomic E-state index is 12.4. The van der Waals surface area contributed by atoms with Gasteiger partial charge < -0.3 is 15.4 Å². The summed E-state index contributed by atoms with van der Waals surface area (Å²) in [5.41, 5.74) is 6.43. The number of amides is 1. The molecule has 1 aromatic heterocycles. The van der Waals surface area contributed by atoms with Gasteiger partial charge >= 0.3 is 0 Å². The van der Waals surface area contributed by atoms with Gasteiger partial charge in [-0.1, -0.05) is 0 Å². The van der Waals surface area contributed by atoms with Crippen LogP contribution in [-0.2, 0) is 4.74 Å². The number of ether oxygens (including phenoxy) is 1. The Bertz CT molecular complexity index is 396. The first-order valence-corrected chi connectivity index (χ1v) is 6.20. The smallest absolute Gasteiger partial charge is 0.254 e. The summed E-state index contributed by atoms with van der Waals surface area (Å²) in [5, 5.41) is 0. The molecular weight excluding hydrogens is 230 g/mol. The number of rotatable bonds is 3. The molecule has 0 saturated carbocycles. The van der Waals surface area contributed by atoms with Gasteiger partial charge in [0.25, 0.3) is 5.91 Å². The van der Waals surface area contributed by atoms with Crippen LogP contribution >= 0.6 is 0 Å². The molecule has 0 radical (unpaired) electrons. The number of likely N-dealkylation sites (tertiary alicyclic amines) is 1. The van der Waals surface area contributed by atoms with Gasteiger partial charge in [-0.3, -0.25) is 9.78 Å². The summed E-state index contributed by atoms with van der Waals surface area (Å²) in [6, 6.07) is 3.53. The summed E-state index contributed by atoms with van der Waals surface area (Å²) in [6.45, 7) is 1.16. The Morgan fingerprint density at radius 1 is 1.56 bits per heavy atom. The van der Waals surface area contributed by atoms with Gasteiger partial charge in [-0.25, -0.2) is 0 Å². The van der Waals surface area contributed by atoms with Crippen molar-refractivity contribution in [2.24, 2.45) is 5.73 Å². The van der Waals surface area contributed by atoms with Crippen LogP contribution in [0.3, 0.4) is 0 Å². The summed E-state index contributed by atoms with van der Waals surface area (Å²) < 4.78 is 5.35. The molecule has 1 aromatic rings. The molecule has 2 rings (SSSR count). The molecule has 0 aliphatic carbocycles. The Kier molecular flexibility index (Phi) is 4.28. The van der Waals surface area contributed by atoms with Crippen LogP contribution in [0.1, 0.15) is 23.2 Å². The maximum absolute atomic E-state index is 12.4. The van der Waals surface area contributed by atoms with E-state index in [4.69, 9.17) is 10.5 Å².